The van der Waals surface area contributed by atoms with Crippen molar-refractivity contribution in [3.8, 4) is 5.75 Å². The Morgan fingerprint density at radius 3 is 2.38 bits per heavy atom. The summed E-state index contributed by atoms with van der Waals surface area (Å²) < 4.78 is 33.7. The standard InChI is InChI=1S/C22H30N2O4S/c1-18-10-12-20(13-11-18)29(26,27)24(21-8-4-5-9-22(21)28-2)17-19(25)16-23-14-6-3-7-15-23/h4-5,8-13,19,25H,3,6-7,14-17H2,1-2H3/t19-/m1/s1. The molecule has 1 fully saturated rings. The van der Waals surface area contributed by atoms with Gasteiger partial charge >= 0.3 is 0 Å². The number of anilines is 1. The van der Waals surface area contributed by atoms with Gasteiger partial charge in [-0.1, -0.05) is 36.2 Å². The highest BCUT2D eigenvalue weighted by Crippen LogP contribution is 2.32. The number of piperidine rings is 1. The molecule has 1 atom stereocenters. The van der Waals surface area contributed by atoms with Crippen LogP contribution in [0.4, 0.5) is 5.69 Å². The van der Waals surface area contributed by atoms with Crippen molar-refractivity contribution in [3.63, 3.8) is 0 Å². The molecule has 2 aromatic rings. The van der Waals surface area contributed by atoms with Crippen LogP contribution in [0.25, 0.3) is 0 Å². The van der Waals surface area contributed by atoms with Gasteiger partial charge in [0.05, 0.1) is 30.3 Å². The van der Waals surface area contributed by atoms with E-state index in [0.29, 0.717) is 18.0 Å². The number of β-amino-alcohol motifs (C(OH)–C–C–N with tert-alkyl or cyclic N) is 1. The highest BCUT2D eigenvalue weighted by Gasteiger charge is 2.30. The molecule has 29 heavy (non-hydrogen) atoms. The van der Waals surface area contributed by atoms with E-state index in [9.17, 15) is 13.5 Å². The summed E-state index contributed by atoms with van der Waals surface area (Å²) in [5, 5.41) is 10.8. The summed E-state index contributed by atoms with van der Waals surface area (Å²) in [5.41, 5.74) is 1.41. The van der Waals surface area contributed by atoms with Gasteiger partial charge in [0, 0.05) is 6.54 Å². The summed E-state index contributed by atoms with van der Waals surface area (Å²) >= 11 is 0. The first-order valence-electron chi connectivity index (χ1n) is 10.0. The molecule has 158 valence electrons. The number of rotatable bonds is 8. The Morgan fingerprint density at radius 2 is 1.72 bits per heavy atom. The molecule has 0 aliphatic carbocycles. The molecule has 2 aromatic carbocycles. The Balaban J connectivity index is 1.92. The number of likely N-dealkylation sites (tertiary alicyclic amines) is 1. The highest BCUT2D eigenvalue weighted by molar-refractivity contribution is 7.92. The number of aryl methyl sites for hydroxylation is 1. The zero-order valence-corrected chi connectivity index (χ0v) is 17.9. The molecule has 0 amide bonds. The lowest BCUT2D eigenvalue weighted by molar-refractivity contribution is 0.107. The SMILES string of the molecule is COc1ccccc1N(C[C@H](O)CN1CCCCC1)S(=O)(=O)c1ccc(C)cc1. The van der Waals surface area contributed by atoms with Gasteiger partial charge in [-0.05, 0) is 57.1 Å². The third-order valence-corrected chi connectivity index (χ3v) is 7.05. The number of aliphatic hydroxyl groups is 1. The molecule has 0 unspecified atom stereocenters. The molecule has 0 saturated carbocycles. The monoisotopic (exact) mass is 418 g/mol. The summed E-state index contributed by atoms with van der Waals surface area (Å²) in [6.45, 7) is 4.21. The van der Waals surface area contributed by atoms with E-state index in [1.165, 1.54) is 17.8 Å². The second-order valence-corrected chi connectivity index (χ2v) is 9.40. The van der Waals surface area contributed by atoms with Crippen LogP contribution in [-0.2, 0) is 10.0 Å². The fraction of sp³-hybridized carbons (Fsp3) is 0.455. The Kier molecular flexibility index (Phi) is 7.16. The van der Waals surface area contributed by atoms with E-state index >= 15 is 0 Å². The van der Waals surface area contributed by atoms with Crippen molar-refractivity contribution in [1.82, 2.24) is 4.90 Å². The largest absolute Gasteiger partial charge is 0.495 e. The Hall–Kier alpha value is -2.09. The lowest BCUT2D eigenvalue weighted by Gasteiger charge is -2.32. The maximum atomic E-state index is 13.5. The van der Waals surface area contributed by atoms with Gasteiger partial charge in [-0.3, -0.25) is 4.31 Å². The summed E-state index contributed by atoms with van der Waals surface area (Å²) in [6, 6.07) is 13.8. The third kappa shape index (κ3) is 5.29. The molecule has 0 spiro atoms. The molecule has 1 aliphatic heterocycles. The molecule has 1 N–H and O–H groups in total. The highest BCUT2D eigenvalue weighted by atomic mass is 32.2. The average molecular weight is 419 g/mol. The summed E-state index contributed by atoms with van der Waals surface area (Å²) in [4.78, 5) is 2.40. The number of ether oxygens (including phenoxy) is 1. The molecule has 0 bridgehead atoms. The minimum atomic E-state index is -3.86. The van der Waals surface area contributed by atoms with Crippen molar-refractivity contribution < 1.29 is 18.3 Å². The van der Waals surface area contributed by atoms with E-state index in [-0.39, 0.29) is 11.4 Å². The summed E-state index contributed by atoms with van der Waals surface area (Å²) in [6.07, 6.45) is 2.63. The molecule has 1 aliphatic rings. The van der Waals surface area contributed by atoms with Gasteiger partial charge in [-0.2, -0.15) is 0 Å². The topological polar surface area (TPSA) is 70.1 Å². The van der Waals surface area contributed by atoms with E-state index in [2.05, 4.69) is 4.90 Å². The van der Waals surface area contributed by atoms with Crippen molar-refractivity contribution in [2.24, 2.45) is 0 Å². The van der Waals surface area contributed by atoms with Gasteiger partial charge in [0.2, 0.25) is 0 Å². The van der Waals surface area contributed by atoms with Crippen molar-refractivity contribution in [1.29, 1.82) is 0 Å². The zero-order chi connectivity index (χ0) is 20.9. The quantitative estimate of drug-likeness (QED) is 0.714. The minimum absolute atomic E-state index is 0.0346. The number of aliphatic hydroxyl groups excluding tert-OH is 1. The molecule has 0 aromatic heterocycles. The van der Waals surface area contributed by atoms with Crippen LogP contribution in [0.5, 0.6) is 5.75 Å². The average Bonchev–Trinajstić information content (AvgIpc) is 2.73. The zero-order valence-electron chi connectivity index (χ0n) is 17.1. The summed E-state index contributed by atoms with van der Waals surface area (Å²) in [7, 11) is -2.35. The van der Waals surface area contributed by atoms with Gasteiger partial charge in [0.1, 0.15) is 5.75 Å². The normalized spacial score (nSPS) is 16.4. The van der Waals surface area contributed by atoms with Gasteiger partial charge < -0.3 is 14.7 Å². The number of methoxy groups -OCH3 is 1. The molecule has 1 heterocycles. The predicted octanol–water partition coefficient (Wildman–Crippen LogP) is 3.05. The molecular formula is C22H30N2O4S. The van der Waals surface area contributed by atoms with Crippen molar-refractivity contribution in [2.45, 2.75) is 37.2 Å². The third-order valence-electron chi connectivity index (χ3n) is 5.26. The fourth-order valence-electron chi connectivity index (χ4n) is 3.69. The summed E-state index contributed by atoms with van der Waals surface area (Å²) in [5.74, 6) is 0.452. The van der Waals surface area contributed by atoms with Crippen molar-refractivity contribution in [3.05, 3.63) is 54.1 Å². The van der Waals surface area contributed by atoms with Gasteiger partial charge in [0.15, 0.2) is 0 Å². The first-order valence-corrected chi connectivity index (χ1v) is 11.5. The van der Waals surface area contributed by atoms with Crippen LogP contribution >= 0.6 is 0 Å². The number of nitrogens with zero attached hydrogens (tertiary/aromatic N) is 2. The van der Waals surface area contributed by atoms with Gasteiger partial charge in [-0.15, -0.1) is 0 Å². The molecule has 0 radical (unpaired) electrons. The fourth-order valence-corrected chi connectivity index (χ4v) is 5.20. The number of hydrogen-bond acceptors (Lipinski definition) is 5. The number of para-hydroxylation sites is 2. The number of sulfonamides is 1. The lowest BCUT2D eigenvalue weighted by atomic mass is 10.1. The van der Waals surface area contributed by atoms with E-state index in [4.69, 9.17) is 4.74 Å². The maximum Gasteiger partial charge on any atom is 0.264 e. The second kappa shape index (κ2) is 9.61. The van der Waals surface area contributed by atoms with Crippen LogP contribution < -0.4 is 9.04 Å². The molecule has 6 nitrogen and oxygen atoms in total. The van der Waals surface area contributed by atoms with E-state index in [1.54, 1.807) is 48.5 Å². The van der Waals surface area contributed by atoms with Gasteiger partial charge in [0.25, 0.3) is 10.0 Å². The van der Waals surface area contributed by atoms with Crippen molar-refractivity contribution >= 4 is 15.7 Å². The van der Waals surface area contributed by atoms with Crippen molar-refractivity contribution in [2.75, 3.05) is 37.6 Å². The van der Waals surface area contributed by atoms with Crippen LogP contribution in [0.1, 0.15) is 24.8 Å². The second-order valence-electron chi connectivity index (χ2n) is 7.54. The Bertz CT molecular complexity index is 893. The van der Waals surface area contributed by atoms with Crippen LogP contribution in [0.3, 0.4) is 0 Å². The Labute approximate surface area is 173 Å². The van der Waals surface area contributed by atoms with Gasteiger partial charge in [-0.25, -0.2) is 8.42 Å². The molecule has 1 saturated heterocycles. The van der Waals surface area contributed by atoms with Crippen LogP contribution in [0.15, 0.2) is 53.4 Å². The van der Waals surface area contributed by atoms with Crippen LogP contribution in [0.2, 0.25) is 0 Å². The van der Waals surface area contributed by atoms with E-state index in [1.807, 2.05) is 6.92 Å². The van der Waals surface area contributed by atoms with Crippen LogP contribution in [-0.4, -0.2) is 57.8 Å². The molecular weight excluding hydrogens is 388 g/mol. The Morgan fingerprint density at radius 1 is 1.07 bits per heavy atom. The first kappa shape index (κ1) is 21.6. The van der Waals surface area contributed by atoms with E-state index < -0.39 is 16.1 Å². The first-order chi connectivity index (χ1) is 13.9. The van der Waals surface area contributed by atoms with E-state index in [0.717, 1.165) is 31.5 Å². The number of benzene rings is 2. The predicted molar refractivity (Wildman–Crippen MR) is 115 cm³/mol. The molecule has 3 rings (SSSR count). The molecule has 7 heteroatoms. The smallest absolute Gasteiger partial charge is 0.264 e. The minimum Gasteiger partial charge on any atom is -0.495 e. The van der Waals surface area contributed by atoms with Crippen LogP contribution in [0, 0.1) is 6.92 Å². The number of hydrogen-bond donors (Lipinski definition) is 1. The lowest BCUT2D eigenvalue weighted by Crippen LogP contribution is -2.44. The maximum absolute atomic E-state index is 13.5.